The Kier molecular flexibility index (Phi) is 8.51. The molecular formula is C29H36N8O2. The molecule has 3 N–H and O–H groups in total. The van der Waals surface area contributed by atoms with E-state index in [2.05, 4.69) is 25.8 Å². The molecule has 4 heterocycles. The fraction of sp³-hybridized carbons (Fsp3) is 0.448. The van der Waals surface area contributed by atoms with Crippen LogP contribution in [0.25, 0.3) is 27.9 Å². The van der Waals surface area contributed by atoms with Crippen molar-refractivity contribution in [3.8, 4) is 23.2 Å². The highest BCUT2D eigenvalue weighted by molar-refractivity contribution is 5.94. The Morgan fingerprint density at radius 3 is 2.67 bits per heavy atom. The second kappa shape index (κ2) is 12.4. The van der Waals surface area contributed by atoms with E-state index in [1.54, 1.807) is 0 Å². The van der Waals surface area contributed by atoms with Crippen molar-refractivity contribution in [2.45, 2.75) is 13.3 Å². The number of rotatable bonds is 9. The average Bonchev–Trinajstić information content (AvgIpc) is 3.46. The molecule has 0 saturated carbocycles. The van der Waals surface area contributed by atoms with Gasteiger partial charge in [-0.2, -0.15) is 5.26 Å². The van der Waals surface area contributed by atoms with E-state index in [0.717, 1.165) is 61.3 Å². The second-order valence-electron chi connectivity index (χ2n) is 10.1. The number of ether oxygens (including phenoxy) is 1. The van der Waals surface area contributed by atoms with Crippen LogP contribution in [-0.4, -0.2) is 102 Å². The molecule has 1 unspecified atom stereocenters. The van der Waals surface area contributed by atoms with E-state index in [4.69, 9.17) is 25.4 Å². The Hall–Kier alpha value is -3.78. The number of allylic oxidation sites excluding steroid dienone is 1. The summed E-state index contributed by atoms with van der Waals surface area (Å²) in [6.45, 7) is 9.61. The minimum atomic E-state index is -0.117. The number of anilines is 1. The maximum absolute atomic E-state index is 11.4. The van der Waals surface area contributed by atoms with Gasteiger partial charge in [0, 0.05) is 93.6 Å². The number of morpholine rings is 1. The van der Waals surface area contributed by atoms with Crippen LogP contribution in [-0.2, 0) is 4.74 Å². The van der Waals surface area contributed by atoms with Gasteiger partial charge < -0.3 is 25.1 Å². The summed E-state index contributed by atoms with van der Waals surface area (Å²) in [6.07, 6.45) is 5.96. The highest BCUT2D eigenvalue weighted by Gasteiger charge is 2.24. The first-order valence-corrected chi connectivity index (χ1v) is 13.6. The molecule has 39 heavy (non-hydrogen) atoms. The number of hydrogen-bond acceptors (Lipinski definition) is 9. The highest BCUT2D eigenvalue weighted by atomic mass is 16.5. The van der Waals surface area contributed by atoms with Crippen molar-refractivity contribution < 1.29 is 9.84 Å². The monoisotopic (exact) mass is 528 g/mol. The van der Waals surface area contributed by atoms with Crippen molar-refractivity contribution >= 4 is 28.5 Å². The number of nitriles is 1. The van der Waals surface area contributed by atoms with Gasteiger partial charge in [0.1, 0.15) is 5.69 Å². The van der Waals surface area contributed by atoms with Crippen LogP contribution < -0.4 is 4.90 Å². The van der Waals surface area contributed by atoms with Crippen LogP contribution in [0.4, 0.5) is 5.82 Å². The SMILES string of the molecule is C/C(=C\C(C=N)CN1CCN(CCC#N)CC1)c1nc(-c2cccc3[nH]ccc23)nc(N2CCOCC2)c1O. The number of hydrogen-bond donors (Lipinski definition) is 3. The average molecular weight is 529 g/mol. The summed E-state index contributed by atoms with van der Waals surface area (Å²) in [4.78, 5) is 19.7. The third-order valence-corrected chi connectivity index (χ3v) is 7.54. The van der Waals surface area contributed by atoms with Crippen molar-refractivity contribution in [1.29, 1.82) is 10.7 Å². The summed E-state index contributed by atoms with van der Waals surface area (Å²) in [7, 11) is 0. The minimum absolute atomic E-state index is 0.0606. The summed E-state index contributed by atoms with van der Waals surface area (Å²) < 4.78 is 5.54. The molecule has 2 aliphatic heterocycles. The molecule has 0 spiro atoms. The van der Waals surface area contributed by atoms with Crippen LogP contribution in [0.1, 0.15) is 19.0 Å². The zero-order valence-corrected chi connectivity index (χ0v) is 22.4. The van der Waals surface area contributed by atoms with Crippen LogP contribution in [0, 0.1) is 22.7 Å². The maximum atomic E-state index is 11.4. The molecule has 0 radical (unpaired) electrons. The summed E-state index contributed by atoms with van der Waals surface area (Å²) in [5, 5.41) is 29.4. The number of nitrogens with zero attached hydrogens (tertiary/aromatic N) is 6. The van der Waals surface area contributed by atoms with E-state index in [9.17, 15) is 5.11 Å². The lowest BCUT2D eigenvalue weighted by Crippen LogP contribution is -2.47. The topological polar surface area (TPSA) is 128 Å². The first-order chi connectivity index (χ1) is 19.1. The zero-order valence-electron chi connectivity index (χ0n) is 22.4. The fourth-order valence-electron chi connectivity index (χ4n) is 5.37. The van der Waals surface area contributed by atoms with Crippen LogP contribution >= 0.6 is 0 Å². The quantitative estimate of drug-likeness (QED) is 0.361. The smallest absolute Gasteiger partial charge is 0.184 e. The molecule has 5 rings (SSSR count). The van der Waals surface area contributed by atoms with Crippen molar-refractivity contribution in [2.75, 3.05) is 70.5 Å². The zero-order chi connectivity index (χ0) is 27.2. The fourth-order valence-corrected chi connectivity index (χ4v) is 5.37. The Labute approximate surface area is 229 Å². The Morgan fingerprint density at radius 1 is 1.15 bits per heavy atom. The number of H-pyrrole nitrogens is 1. The van der Waals surface area contributed by atoms with Crippen LogP contribution in [0.3, 0.4) is 0 Å². The predicted octanol–water partition coefficient (Wildman–Crippen LogP) is 3.37. The van der Waals surface area contributed by atoms with Gasteiger partial charge in [-0.15, -0.1) is 0 Å². The number of aromatic nitrogens is 3. The van der Waals surface area contributed by atoms with Crippen molar-refractivity contribution in [3.05, 3.63) is 42.2 Å². The maximum Gasteiger partial charge on any atom is 0.184 e. The number of piperazine rings is 1. The largest absolute Gasteiger partial charge is 0.503 e. The van der Waals surface area contributed by atoms with E-state index < -0.39 is 0 Å². The Balaban J connectivity index is 1.44. The molecule has 204 valence electrons. The molecule has 1 atom stereocenters. The third kappa shape index (κ3) is 6.11. The molecule has 0 amide bonds. The summed E-state index contributed by atoms with van der Waals surface area (Å²) in [5.41, 5.74) is 3.20. The molecule has 2 aromatic heterocycles. The molecule has 2 saturated heterocycles. The van der Waals surface area contributed by atoms with Gasteiger partial charge in [0.25, 0.3) is 0 Å². The normalized spacial score (nSPS) is 18.3. The third-order valence-electron chi connectivity index (χ3n) is 7.54. The molecule has 0 bridgehead atoms. The van der Waals surface area contributed by atoms with Gasteiger partial charge in [0.15, 0.2) is 17.4 Å². The number of aromatic hydroxyl groups is 1. The summed E-state index contributed by atoms with van der Waals surface area (Å²) in [6, 6.07) is 10.2. The van der Waals surface area contributed by atoms with Gasteiger partial charge in [-0.1, -0.05) is 18.2 Å². The van der Waals surface area contributed by atoms with E-state index >= 15 is 0 Å². The first kappa shape index (κ1) is 26.8. The summed E-state index contributed by atoms with van der Waals surface area (Å²) >= 11 is 0. The number of benzene rings is 1. The lowest BCUT2D eigenvalue weighted by molar-refractivity contribution is 0.122. The lowest BCUT2D eigenvalue weighted by atomic mass is 10.0. The van der Waals surface area contributed by atoms with Gasteiger partial charge in [0.05, 0.1) is 19.3 Å². The molecule has 10 heteroatoms. The standard InChI is InChI=1S/C29H36N8O2/c1-21(18-22(19-31)20-36-12-10-35(11-13-36)9-3-7-30)26-27(38)29(37-14-16-39-17-15-37)34-28(33-26)24-4-2-5-25-23(24)6-8-32-25/h2,4-6,8,18-19,22,31-32,38H,3,9-17,20H2,1H3/b21-18+,31-19?. The van der Waals surface area contributed by atoms with E-state index in [1.165, 1.54) is 6.21 Å². The summed E-state index contributed by atoms with van der Waals surface area (Å²) in [5.74, 6) is 1.01. The van der Waals surface area contributed by atoms with Gasteiger partial charge in [-0.05, 0) is 24.6 Å². The predicted molar refractivity (Wildman–Crippen MR) is 153 cm³/mol. The van der Waals surface area contributed by atoms with Crippen molar-refractivity contribution in [3.63, 3.8) is 0 Å². The Bertz CT molecular complexity index is 1360. The van der Waals surface area contributed by atoms with Gasteiger partial charge in [-0.3, -0.25) is 9.80 Å². The van der Waals surface area contributed by atoms with Gasteiger partial charge in [-0.25, -0.2) is 9.97 Å². The van der Waals surface area contributed by atoms with Gasteiger partial charge in [0.2, 0.25) is 0 Å². The second-order valence-corrected chi connectivity index (χ2v) is 10.1. The Morgan fingerprint density at radius 2 is 1.92 bits per heavy atom. The lowest BCUT2D eigenvalue weighted by Gasteiger charge is -2.35. The number of aromatic amines is 1. The first-order valence-electron chi connectivity index (χ1n) is 13.6. The van der Waals surface area contributed by atoms with Crippen LogP contribution in [0.2, 0.25) is 0 Å². The molecule has 10 nitrogen and oxygen atoms in total. The molecule has 2 fully saturated rings. The molecular weight excluding hydrogens is 492 g/mol. The van der Waals surface area contributed by atoms with E-state index in [-0.39, 0.29) is 11.7 Å². The van der Waals surface area contributed by atoms with Crippen LogP contribution in [0.15, 0.2) is 36.5 Å². The molecule has 2 aliphatic rings. The molecule has 0 aliphatic carbocycles. The molecule has 1 aromatic carbocycles. The highest BCUT2D eigenvalue weighted by Crippen LogP contribution is 2.36. The van der Waals surface area contributed by atoms with Crippen molar-refractivity contribution in [2.24, 2.45) is 5.92 Å². The number of fused-ring (bicyclic) bond motifs is 1. The molecule has 3 aromatic rings. The van der Waals surface area contributed by atoms with Crippen molar-refractivity contribution in [1.82, 2.24) is 24.8 Å². The van der Waals surface area contributed by atoms with Crippen LogP contribution in [0.5, 0.6) is 5.75 Å². The minimum Gasteiger partial charge on any atom is -0.503 e. The van der Waals surface area contributed by atoms with Gasteiger partial charge >= 0.3 is 0 Å². The van der Waals surface area contributed by atoms with E-state index in [1.807, 2.05) is 43.5 Å². The number of nitrogens with one attached hydrogen (secondary N) is 2. The van der Waals surface area contributed by atoms with E-state index in [0.29, 0.717) is 50.1 Å².